The smallest absolute Gasteiger partial charge is 0.319 e. The van der Waals surface area contributed by atoms with E-state index in [0.717, 1.165) is 22.3 Å². The zero-order valence-electron chi connectivity index (χ0n) is 19.0. The average molecular weight is 456 g/mol. The van der Waals surface area contributed by atoms with Crippen LogP contribution in [0.15, 0.2) is 66.7 Å². The van der Waals surface area contributed by atoms with Gasteiger partial charge in [0.2, 0.25) is 0 Å². The molecule has 2 atom stereocenters. The molecule has 3 aliphatic rings. The summed E-state index contributed by atoms with van der Waals surface area (Å²) in [5.41, 5.74) is 3.12. The monoisotopic (exact) mass is 455 g/mol. The Morgan fingerprint density at radius 2 is 1.74 bits per heavy atom. The van der Waals surface area contributed by atoms with Crippen LogP contribution in [0.1, 0.15) is 45.6 Å². The van der Waals surface area contributed by atoms with Crippen molar-refractivity contribution < 1.29 is 23.8 Å². The van der Waals surface area contributed by atoms with Crippen molar-refractivity contribution in [2.45, 2.75) is 31.3 Å². The van der Waals surface area contributed by atoms with Crippen LogP contribution in [-0.2, 0) is 27.9 Å². The molecule has 0 spiro atoms. The first-order chi connectivity index (χ1) is 16.6. The molecule has 6 heteroatoms. The van der Waals surface area contributed by atoms with Gasteiger partial charge in [0.05, 0.1) is 12.6 Å². The van der Waals surface area contributed by atoms with Gasteiger partial charge in [-0.3, -0.25) is 9.59 Å². The first-order valence-corrected chi connectivity index (χ1v) is 11.7. The average Bonchev–Trinajstić information content (AvgIpc) is 3.21. The van der Waals surface area contributed by atoms with Gasteiger partial charge in [-0.05, 0) is 53.8 Å². The van der Waals surface area contributed by atoms with Crippen molar-refractivity contribution in [3.05, 3.63) is 94.5 Å². The van der Waals surface area contributed by atoms with Crippen molar-refractivity contribution in [1.82, 2.24) is 4.90 Å². The number of hydrogen-bond donors (Lipinski definition) is 0. The minimum absolute atomic E-state index is 0.0906. The molecule has 0 N–H and O–H groups in total. The molecule has 1 aliphatic carbocycles. The normalized spacial score (nSPS) is 22.0. The van der Waals surface area contributed by atoms with Crippen LogP contribution in [0.5, 0.6) is 11.5 Å². The number of hydrogen-bond acceptors (Lipinski definition) is 5. The Bertz CT molecular complexity index is 1290. The van der Waals surface area contributed by atoms with E-state index in [1.54, 1.807) is 0 Å². The Kier molecular flexibility index (Phi) is 4.83. The van der Waals surface area contributed by atoms with E-state index in [1.165, 1.54) is 0 Å². The molecule has 1 amide bonds. The quantitative estimate of drug-likeness (QED) is 0.552. The fourth-order valence-electron chi connectivity index (χ4n) is 5.72. The van der Waals surface area contributed by atoms with Crippen molar-refractivity contribution in [1.29, 1.82) is 0 Å². The summed E-state index contributed by atoms with van der Waals surface area (Å²) in [6.45, 7) is 3.41. The Morgan fingerprint density at radius 1 is 1.03 bits per heavy atom. The highest BCUT2D eigenvalue weighted by Gasteiger charge is 2.61. The lowest BCUT2D eigenvalue weighted by atomic mass is 9.69. The zero-order valence-corrected chi connectivity index (χ0v) is 19.0. The van der Waals surface area contributed by atoms with E-state index in [4.69, 9.17) is 14.2 Å². The molecule has 2 heterocycles. The molecular weight excluding hydrogens is 430 g/mol. The number of rotatable bonds is 4. The van der Waals surface area contributed by atoms with Crippen LogP contribution in [0.2, 0.25) is 0 Å². The number of carbonyl (C=O) groups is 2. The summed E-state index contributed by atoms with van der Waals surface area (Å²) < 4.78 is 17.4. The summed E-state index contributed by atoms with van der Waals surface area (Å²) in [7, 11) is 0. The van der Waals surface area contributed by atoms with Gasteiger partial charge in [-0.25, -0.2) is 0 Å². The van der Waals surface area contributed by atoms with Crippen LogP contribution in [0.4, 0.5) is 0 Å². The van der Waals surface area contributed by atoms with Crippen molar-refractivity contribution in [2.75, 3.05) is 19.8 Å². The summed E-state index contributed by atoms with van der Waals surface area (Å²) in [6.07, 6.45) is 0.429. The summed E-state index contributed by atoms with van der Waals surface area (Å²) in [6, 6.07) is 20.7. The van der Waals surface area contributed by atoms with E-state index in [1.807, 2.05) is 78.6 Å². The Morgan fingerprint density at radius 3 is 2.50 bits per heavy atom. The van der Waals surface area contributed by atoms with E-state index in [2.05, 4.69) is 0 Å². The lowest BCUT2D eigenvalue weighted by molar-refractivity contribution is -0.153. The molecule has 0 radical (unpaired) electrons. The molecule has 0 fully saturated rings. The summed E-state index contributed by atoms with van der Waals surface area (Å²) in [5.74, 6) is 0.925. The highest BCUT2D eigenvalue weighted by molar-refractivity contribution is 6.03. The second-order valence-corrected chi connectivity index (χ2v) is 8.93. The number of benzene rings is 3. The molecule has 3 aromatic carbocycles. The minimum atomic E-state index is -1.04. The highest BCUT2D eigenvalue weighted by atomic mass is 16.6. The number of esters is 1. The number of carbonyl (C=O) groups excluding carboxylic acids is 2. The number of amides is 1. The summed E-state index contributed by atoms with van der Waals surface area (Å²) >= 11 is 0. The van der Waals surface area contributed by atoms with Gasteiger partial charge in [-0.1, -0.05) is 48.5 Å². The van der Waals surface area contributed by atoms with E-state index < -0.39 is 11.5 Å². The van der Waals surface area contributed by atoms with Gasteiger partial charge >= 0.3 is 5.97 Å². The van der Waals surface area contributed by atoms with Crippen LogP contribution >= 0.6 is 0 Å². The van der Waals surface area contributed by atoms with Crippen LogP contribution < -0.4 is 9.47 Å². The van der Waals surface area contributed by atoms with Crippen molar-refractivity contribution in [2.24, 2.45) is 0 Å². The minimum Gasteiger partial charge on any atom is -0.486 e. The molecule has 0 saturated heterocycles. The lowest BCUT2D eigenvalue weighted by Crippen LogP contribution is -2.54. The number of ether oxygens (including phenoxy) is 3. The second-order valence-electron chi connectivity index (χ2n) is 8.93. The van der Waals surface area contributed by atoms with Gasteiger partial charge in [0, 0.05) is 12.1 Å². The van der Waals surface area contributed by atoms with Gasteiger partial charge < -0.3 is 19.1 Å². The molecule has 6 rings (SSSR count). The topological polar surface area (TPSA) is 65.1 Å². The van der Waals surface area contributed by atoms with Gasteiger partial charge in [0.15, 0.2) is 11.5 Å². The molecule has 0 saturated carbocycles. The molecule has 0 aromatic heterocycles. The predicted molar refractivity (Wildman–Crippen MR) is 125 cm³/mol. The Hall–Kier alpha value is -3.80. The first kappa shape index (κ1) is 20.8. The third kappa shape index (κ3) is 2.94. The second kappa shape index (κ2) is 7.90. The van der Waals surface area contributed by atoms with E-state index in [0.29, 0.717) is 43.2 Å². The van der Waals surface area contributed by atoms with E-state index in [-0.39, 0.29) is 18.5 Å². The lowest BCUT2D eigenvalue weighted by Gasteiger charge is -2.45. The summed E-state index contributed by atoms with van der Waals surface area (Å²) in [5, 5.41) is 0. The Balaban J connectivity index is 1.60. The van der Waals surface area contributed by atoms with Crippen molar-refractivity contribution in [3.8, 4) is 11.5 Å². The maximum Gasteiger partial charge on any atom is 0.319 e. The van der Waals surface area contributed by atoms with Crippen molar-refractivity contribution in [3.63, 3.8) is 0 Å². The van der Waals surface area contributed by atoms with Crippen LogP contribution in [0, 0.1) is 0 Å². The van der Waals surface area contributed by atoms with Crippen LogP contribution in [0.25, 0.3) is 0 Å². The van der Waals surface area contributed by atoms with Crippen molar-refractivity contribution >= 4 is 11.9 Å². The van der Waals surface area contributed by atoms with Gasteiger partial charge in [0.25, 0.3) is 5.91 Å². The molecule has 0 unspecified atom stereocenters. The first-order valence-electron chi connectivity index (χ1n) is 11.7. The number of nitrogens with zero attached hydrogens (tertiary/aromatic N) is 1. The summed E-state index contributed by atoms with van der Waals surface area (Å²) in [4.78, 5) is 29.6. The van der Waals surface area contributed by atoms with E-state index >= 15 is 0 Å². The van der Waals surface area contributed by atoms with Gasteiger partial charge in [0.1, 0.15) is 18.6 Å². The predicted octanol–water partition coefficient (Wildman–Crippen LogP) is 4.21. The standard InChI is InChI=1S/C28H25NO5/c1-2-32-27(31)28-16-19-14-23-24(34-13-12-33-23)15-21(19)25(28)29(17-18-8-4-3-5-9-18)26(30)20-10-6-7-11-22(20)28/h3-11,14-15,25H,2,12-13,16-17H2,1H3/t25-,28+/m1/s1. The molecular formula is C28H25NO5. The molecule has 2 aliphatic heterocycles. The Labute approximate surface area is 198 Å². The molecule has 0 bridgehead atoms. The largest absolute Gasteiger partial charge is 0.486 e. The SMILES string of the molecule is CCOC(=O)[C@]12Cc3cc4c(cc3[C@H]1N(Cc1ccccc1)C(=O)c1ccccc12)OCCO4. The van der Waals surface area contributed by atoms with E-state index in [9.17, 15) is 9.59 Å². The van der Waals surface area contributed by atoms with Crippen LogP contribution in [-0.4, -0.2) is 36.6 Å². The highest BCUT2D eigenvalue weighted by Crippen LogP contribution is 2.57. The fourth-order valence-corrected chi connectivity index (χ4v) is 5.72. The van der Waals surface area contributed by atoms with Crippen LogP contribution in [0.3, 0.4) is 0 Å². The third-order valence-corrected chi connectivity index (χ3v) is 7.08. The van der Waals surface area contributed by atoms with Gasteiger partial charge in [-0.2, -0.15) is 0 Å². The third-order valence-electron chi connectivity index (χ3n) is 7.08. The molecule has 172 valence electrons. The molecule has 3 aromatic rings. The maximum atomic E-state index is 13.9. The number of fused-ring (bicyclic) bond motifs is 6. The zero-order chi connectivity index (χ0) is 23.3. The fraction of sp³-hybridized carbons (Fsp3) is 0.286. The molecule has 34 heavy (non-hydrogen) atoms. The molecule has 6 nitrogen and oxygen atoms in total. The van der Waals surface area contributed by atoms with Gasteiger partial charge in [-0.15, -0.1) is 0 Å². The maximum absolute atomic E-state index is 13.9.